The molecule has 0 fully saturated rings. The van der Waals surface area contributed by atoms with Crippen molar-refractivity contribution in [1.82, 2.24) is 10.2 Å². The largest absolute Gasteiger partial charge is 0.352 e. The Morgan fingerprint density at radius 1 is 1.07 bits per heavy atom. The van der Waals surface area contributed by atoms with Crippen molar-refractivity contribution in [1.29, 1.82) is 0 Å². The lowest BCUT2D eigenvalue weighted by Gasteiger charge is -2.29. The number of benzene rings is 2. The van der Waals surface area contributed by atoms with E-state index in [-0.39, 0.29) is 30.0 Å². The van der Waals surface area contributed by atoms with E-state index in [9.17, 15) is 19.7 Å². The number of nitro benzene ring substituents is 1. The van der Waals surface area contributed by atoms with Crippen LogP contribution >= 0.6 is 0 Å². The van der Waals surface area contributed by atoms with Crippen LogP contribution in [0.5, 0.6) is 0 Å². The van der Waals surface area contributed by atoms with Gasteiger partial charge in [-0.15, -0.1) is 0 Å². The molecule has 0 aliphatic rings. The Balaban J connectivity index is 2.21. The van der Waals surface area contributed by atoms with Crippen LogP contribution in [0.25, 0.3) is 0 Å². The van der Waals surface area contributed by atoms with Crippen molar-refractivity contribution in [2.45, 2.75) is 52.1 Å². The highest BCUT2D eigenvalue weighted by atomic mass is 16.6. The molecule has 2 rings (SSSR count). The van der Waals surface area contributed by atoms with E-state index >= 15 is 0 Å². The Morgan fingerprint density at radius 2 is 1.70 bits per heavy atom. The Kier molecular flexibility index (Phi) is 8.53. The monoisotopic (exact) mass is 411 g/mol. The summed E-state index contributed by atoms with van der Waals surface area (Å²) in [4.78, 5) is 38.1. The first-order valence-electron chi connectivity index (χ1n) is 10.2. The molecular weight excluding hydrogens is 382 g/mol. The molecule has 0 bridgehead atoms. The normalized spacial score (nSPS) is 12.6. The first kappa shape index (κ1) is 23.1. The standard InChI is InChI=1S/C23H29N3O4/c1-4-17(2)24-23(28)18(3)25(15-14-19-10-6-5-7-11-19)22(27)16-20-12-8-9-13-21(20)26(29)30/h5-13,17-18H,4,14-16H2,1-3H3,(H,24,28)/t17-,18+/m0/s1. The highest BCUT2D eigenvalue weighted by Crippen LogP contribution is 2.19. The second-order valence-electron chi connectivity index (χ2n) is 7.38. The maximum atomic E-state index is 13.1. The van der Waals surface area contributed by atoms with Crippen LogP contribution < -0.4 is 5.32 Å². The van der Waals surface area contributed by atoms with E-state index in [1.807, 2.05) is 44.2 Å². The Labute approximate surface area is 177 Å². The molecule has 7 heteroatoms. The lowest BCUT2D eigenvalue weighted by Crippen LogP contribution is -2.50. The topological polar surface area (TPSA) is 92.6 Å². The number of carbonyl (C=O) groups is 2. The number of nitrogens with one attached hydrogen (secondary N) is 1. The third-order valence-electron chi connectivity index (χ3n) is 5.18. The maximum Gasteiger partial charge on any atom is 0.273 e. The van der Waals surface area contributed by atoms with Gasteiger partial charge in [0.15, 0.2) is 0 Å². The summed E-state index contributed by atoms with van der Waals surface area (Å²) >= 11 is 0. The van der Waals surface area contributed by atoms with Crippen LogP contribution in [-0.2, 0) is 22.4 Å². The summed E-state index contributed by atoms with van der Waals surface area (Å²) in [6, 6.07) is 15.2. The molecule has 0 radical (unpaired) electrons. The van der Waals surface area contributed by atoms with Gasteiger partial charge < -0.3 is 10.2 Å². The molecule has 0 aliphatic carbocycles. The molecule has 2 aromatic carbocycles. The van der Waals surface area contributed by atoms with E-state index in [4.69, 9.17) is 0 Å². The molecule has 160 valence electrons. The minimum Gasteiger partial charge on any atom is -0.352 e. The minimum atomic E-state index is -0.682. The van der Waals surface area contributed by atoms with Crippen LogP contribution in [0.3, 0.4) is 0 Å². The van der Waals surface area contributed by atoms with Gasteiger partial charge in [0.1, 0.15) is 6.04 Å². The summed E-state index contributed by atoms with van der Waals surface area (Å²) in [5, 5.41) is 14.2. The molecule has 30 heavy (non-hydrogen) atoms. The summed E-state index contributed by atoms with van der Waals surface area (Å²) in [5.41, 5.74) is 1.30. The van der Waals surface area contributed by atoms with Gasteiger partial charge in [0.25, 0.3) is 5.69 Å². The van der Waals surface area contributed by atoms with Crippen molar-refractivity contribution >= 4 is 17.5 Å². The molecule has 0 saturated carbocycles. The smallest absolute Gasteiger partial charge is 0.273 e. The van der Waals surface area contributed by atoms with Crippen molar-refractivity contribution in [2.75, 3.05) is 6.54 Å². The molecule has 0 saturated heterocycles. The number of nitro groups is 1. The van der Waals surface area contributed by atoms with Gasteiger partial charge in [-0.3, -0.25) is 19.7 Å². The van der Waals surface area contributed by atoms with Gasteiger partial charge in [0.05, 0.1) is 11.3 Å². The van der Waals surface area contributed by atoms with Crippen LogP contribution in [-0.4, -0.2) is 40.3 Å². The fourth-order valence-corrected chi connectivity index (χ4v) is 3.14. The predicted molar refractivity (Wildman–Crippen MR) is 116 cm³/mol. The van der Waals surface area contributed by atoms with E-state index in [1.54, 1.807) is 25.1 Å². The molecule has 0 heterocycles. The molecule has 0 aliphatic heterocycles. The quantitative estimate of drug-likeness (QED) is 0.478. The third kappa shape index (κ3) is 6.40. The molecule has 0 aromatic heterocycles. The Hall–Kier alpha value is -3.22. The van der Waals surface area contributed by atoms with Gasteiger partial charge in [-0.1, -0.05) is 55.5 Å². The summed E-state index contributed by atoms with van der Waals surface area (Å²) in [5.74, 6) is -0.541. The number of hydrogen-bond donors (Lipinski definition) is 1. The van der Waals surface area contributed by atoms with Crippen molar-refractivity contribution in [3.63, 3.8) is 0 Å². The zero-order chi connectivity index (χ0) is 22.1. The maximum absolute atomic E-state index is 13.1. The van der Waals surface area contributed by atoms with E-state index < -0.39 is 11.0 Å². The molecule has 7 nitrogen and oxygen atoms in total. The summed E-state index contributed by atoms with van der Waals surface area (Å²) < 4.78 is 0. The van der Waals surface area contributed by atoms with Gasteiger partial charge in [-0.25, -0.2) is 0 Å². The van der Waals surface area contributed by atoms with E-state index in [0.29, 0.717) is 18.5 Å². The van der Waals surface area contributed by atoms with Crippen LogP contribution in [0, 0.1) is 10.1 Å². The number of para-hydroxylation sites is 1. The minimum absolute atomic E-state index is 0.00114. The van der Waals surface area contributed by atoms with E-state index in [1.165, 1.54) is 11.0 Å². The van der Waals surface area contributed by atoms with E-state index in [2.05, 4.69) is 5.32 Å². The van der Waals surface area contributed by atoms with Crippen LogP contribution in [0.15, 0.2) is 54.6 Å². The predicted octanol–water partition coefficient (Wildman–Crippen LogP) is 3.51. The average molecular weight is 412 g/mol. The summed E-state index contributed by atoms with van der Waals surface area (Å²) in [7, 11) is 0. The van der Waals surface area contributed by atoms with Crippen LogP contribution in [0.4, 0.5) is 5.69 Å². The molecule has 1 N–H and O–H groups in total. The fourth-order valence-electron chi connectivity index (χ4n) is 3.14. The molecule has 2 aromatic rings. The zero-order valence-corrected chi connectivity index (χ0v) is 17.7. The van der Waals surface area contributed by atoms with Gasteiger partial charge in [-0.05, 0) is 32.3 Å². The average Bonchev–Trinajstić information content (AvgIpc) is 2.74. The van der Waals surface area contributed by atoms with Crippen molar-refractivity contribution in [3.8, 4) is 0 Å². The summed E-state index contributed by atoms with van der Waals surface area (Å²) in [6.45, 7) is 5.93. The lowest BCUT2D eigenvalue weighted by atomic mass is 10.1. The zero-order valence-electron chi connectivity index (χ0n) is 17.7. The number of hydrogen-bond acceptors (Lipinski definition) is 4. The summed E-state index contributed by atoms with van der Waals surface area (Å²) in [6.07, 6.45) is 1.24. The van der Waals surface area contributed by atoms with Crippen LogP contribution in [0.2, 0.25) is 0 Å². The number of carbonyl (C=O) groups excluding carboxylic acids is 2. The van der Waals surface area contributed by atoms with Crippen molar-refractivity contribution in [3.05, 3.63) is 75.8 Å². The first-order valence-corrected chi connectivity index (χ1v) is 10.2. The highest BCUT2D eigenvalue weighted by molar-refractivity contribution is 5.88. The molecule has 2 atom stereocenters. The van der Waals surface area contributed by atoms with Crippen LogP contribution in [0.1, 0.15) is 38.3 Å². The SMILES string of the molecule is CC[C@H](C)NC(=O)[C@@H](C)N(CCc1ccccc1)C(=O)Cc1ccccc1[N+](=O)[O-]. The van der Waals surface area contributed by atoms with Gasteiger partial charge in [-0.2, -0.15) is 0 Å². The van der Waals surface area contributed by atoms with E-state index in [0.717, 1.165) is 12.0 Å². The molecule has 0 spiro atoms. The third-order valence-corrected chi connectivity index (χ3v) is 5.18. The van der Waals surface area contributed by atoms with Gasteiger partial charge in [0, 0.05) is 24.2 Å². The highest BCUT2D eigenvalue weighted by Gasteiger charge is 2.28. The number of amides is 2. The second-order valence-corrected chi connectivity index (χ2v) is 7.38. The van der Waals surface area contributed by atoms with Gasteiger partial charge >= 0.3 is 0 Å². The number of rotatable bonds is 10. The molecular formula is C23H29N3O4. The second kappa shape index (κ2) is 11.1. The molecule has 2 amide bonds. The fraction of sp³-hybridized carbons (Fsp3) is 0.391. The molecule has 0 unspecified atom stereocenters. The van der Waals surface area contributed by atoms with Gasteiger partial charge in [0.2, 0.25) is 11.8 Å². The lowest BCUT2D eigenvalue weighted by molar-refractivity contribution is -0.385. The van der Waals surface area contributed by atoms with Crippen molar-refractivity contribution in [2.24, 2.45) is 0 Å². The Morgan fingerprint density at radius 3 is 2.33 bits per heavy atom. The Bertz CT molecular complexity index is 870. The van der Waals surface area contributed by atoms with Crippen molar-refractivity contribution < 1.29 is 14.5 Å². The first-order chi connectivity index (χ1) is 14.3. The number of nitrogens with zero attached hydrogens (tertiary/aromatic N) is 2.